The third-order valence-electron chi connectivity index (χ3n) is 10.9. The molecule has 0 radical (unpaired) electrons. The Morgan fingerprint density at radius 2 is 1.66 bits per heavy atom. The predicted molar refractivity (Wildman–Crippen MR) is 116 cm³/mol. The summed E-state index contributed by atoms with van der Waals surface area (Å²) in [4.78, 5) is 11.7. The number of fused-ring (bicyclic) bond motifs is 5. The molecule has 0 heterocycles. The van der Waals surface area contributed by atoms with E-state index < -0.39 is 0 Å². The van der Waals surface area contributed by atoms with Crippen LogP contribution in [0.3, 0.4) is 0 Å². The molecule has 0 unspecified atom stereocenters. The summed E-state index contributed by atoms with van der Waals surface area (Å²) in [7, 11) is 0. The monoisotopic (exact) mass is 402 g/mol. The van der Waals surface area contributed by atoms with Crippen LogP contribution in [-0.2, 0) is 9.53 Å². The first-order valence-electron chi connectivity index (χ1n) is 11.9. The summed E-state index contributed by atoms with van der Waals surface area (Å²) in [5, 5.41) is 11.0. The highest BCUT2D eigenvalue weighted by atomic mass is 16.5. The van der Waals surface area contributed by atoms with Gasteiger partial charge in [-0.05, 0) is 90.9 Å². The zero-order chi connectivity index (χ0) is 21.4. The maximum Gasteiger partial charge on any atom is 0.302 e. The molecule has 4 saturated carbocycles. The Morgan fingerprint density at radius 3 is 2.31 bits per heavy atom. The van der Waals surface area contributed by atoms with Gasteiger partial charge in [0.15, 0.2) is 0 Å². The lowest BCUT2D eigenvalue weighted by atomic mass is 9.34. The average Bonchev–Trinajstić information content (AvgIpc) is 2.62. The van der Waals surface area contributed by atoms with Crippen molar-refractivity contribution in [2.45, 2.75) is 105 Å². The lowest BCUT2D eigenvalue weighted by Gasteiger charge is -2.71. The van der Waals surface area contributed by atoms with Gasteiger partial charge in [0.25, 0.3) is 0 Å². The van der Waals surface area contributed by atoms with E-state index >= 15 is 0 Å². The van der Waals surface area contributed by atoms with Crippen molar-refractivity contribution in [1.29, 1.82) is 0 Å². The Kier molecular flexibility index (Phi) is 4.86. The SMILES string of the molecule is C=C1CC[C@]2(C)[C@H](CC[C@@H]3[C@@]4(C)CC[C@H](OC(C)=O)C(C)(C)[C@@H]4CC[C@]32C)[C@@H]1O. The molecule has 0 aliphatic heterocycles. The normalized spacial score (nSPS) is 51.4. The fourth-order valence-electron chi connectivity index (χ4n) is 9.19. The van der Waals surface area contributed by atoms with E-state index in [1.165, 1.54) is 25.7 Å². The van der Waals surface area contributed by atoms with Crippen molar-refractivity contribution >= 4 is 5.97 Å². The minimum atomic E-state index is -0.326. The van der Waals surface area contributed by atoms with Crippen LogP contribution in [0.5, 0.6) is 0 Å². The topological polar surface area (TPSA) is 46.5 Å². The van der Waals surface area contributed by atoms with E-state index in [4.69, 9.17) is 4.74 Å². The number of carbonyl (C=O) groups is 1. The first-order chi connectivity index (χ1) is 13.4. The number of aliphatic hydroxyl groups excluding tert-OH is 1. The van der Waals surface area contributed by atoms with Gasteiger partial charge in [0.05, 0.1) is 6.10 Å². The van der Waals surface area contributed by atoms with E-state index in [0.717, 1.165) is 31.3 Å². The number of esters is 1. The molecule has 0 spiro atoms. The second-order valence-electron chi connectivity index (χ2n) is 12.2. The third kappa shape index (κ3) is 2.75. The molecule has 3 heteroatoms. The van der Waals surface area contributed by atoms with Crippen molar-refractivity contribution in [2.24, 2.45) is 39.4 Å². The van der Waals surface area contributed by atoms with Gasteiger partial charge in [-0.15, -0.1) is 0 Å². The summed E-state index contributed by atoms with van der Waals surface area (Å²) in [6, 6.07) is 0. The molecular formula is C26H42O3. The summed E-state index contributed by atoms with van der Waals surface area (Å²) in [5.74, 6) is 1.47. The summed E-state index contributed by atoms with van der Waals surface area (Å²) >= 11 is 0. The summed E-state index contributed by atoms with van der Waals surface area (Å²) in [6.07, 6.45) is 8.73. The fraction of sp³-hybridized carbons (Fsp3) is 0.885. The molecule has 0 aromatic heterocycles. The molecule has 1 N–H and O–H groups in total. The Balaban J connectivity index is 1.69. The molecule has 0 bridgehead atoms. The molecular weight excluding hydrogens is 360 g/mol. The predicted octanol–water partition coefficient (Wildman–Crippen LogP) is 5.90. The van der Waals surface area contributed by atoms with Crippen LogP contribution < -0.4 is 0 Å². The molecule has 4 aliphatic rings. The number of carbonyl (C=O) groups excluding carboxylic acids is 1. The van der Waals surface area contributed by atoms with Gasteiger partial charge < -0.3 is 9.84 Å². The minimum Gasteiger partial charge on any atom is -0.462 e. The standard InChI is InChI=1S/C26H42O3/c1-16-10-14-25(6)18(22(16)28)8-9-20-24(5)13-12-21(29-17(2)27)23(3,4)19(24)11-15-26(20,25)7/h18-22,28H,1,8-15H2,2-7H3/t18-,19+,20-,21+,22-,24+,25-,26-/m1/s1. The van der Waals surface area contributed by atoms with Crippen LogP contribution in [0, 0.1) is 39.4 Å². The van der Waals surface area contributed by atoms with Crippen molar-refractivity contribution in [3.05, 3.63) is 12.2 Å². The quantitative estimate of drug-likeness (QED) is 0.438. The molecule has 4 aliphatic carbocycles. The van der Waals surface area contributed by atoms with Crippen LogP contribution >= 0.6 is 0 Å². The van der Waals surface area contributed by atoms with Crippen LogP contribution in [0.1, 0.15) is 92.9 Å². The zero-order valence-electron chi connectivity index (χ0n) is 19.5. The minimum absolute atomic E-state index is 0.0120. The van der Waals surface area contributed by atoms with Crippen LogP contribution in [-0.4, -0.2) is 23.3 Å². The first kappa shape index (κ1) is 21.4. The maximum absolute atomic E-state index is 11.7. The van der Waals surface area contributed by atoms with Gasteiger partial charge >= 0.3 is 5.97 Å². The van der Waals surface area contributed by atoms with Gasteiger partial charge in [0.2, 0.25) is 0 Å². The second-order valence-corrected chi connectivity index (χ2v) is 12.2. The van der Waals surface area contributed by atoms with E-state index in [0.29, 0.717) is 17.8 Å². The van der Waals surface area contributed by atoms with E-state index in [2.05, 4.69) is 41.2 Å². The summed E-state index contributed by atoms with van der Waals surface area (Å²) in [5.41, 5.74) is 1.78. The van der Waals surface area contributed by atoms with Gasteiger partial charge in [0.1, 0.15) is 6.10 Å². The second kappa shape index (κ2) is 6.58. The molecule has 29 heavy (non-hydrogen) atoms. The average molecular weight is 403 g/mol. The van der Waals surface area contributed by atoms with Crippen molar-refractivity contribution in [1.82, 2.24) is 0 Å². The lowest BCUT2D eigenvalue weighted by Crippen LogP contribution is -2.66. The largest absolute Gasteiger partial charge is 0.462 e. The molecule has 4 rings (SSSR count). The zero-order valence-corrected chi connectivity index (χ0v) is 19.5. The number of ether oxygens (including phenoxy) is 1. The smallest absolute Gasteiger partial charge is 0.302 e. The summed E-state index contributed by atoms with van der Waals surface area (Å²) in [6.45, 7) is 18.0. The number of aliphatic hydroxyl groups is 1. The van der Waals surface area contributed by atoms with E-state index in [1.54, 1.807) is 6.92 Å². The number of hydrogen-bond acceptors (Lipinski definition) is 3. The van der Waals surface area contributed by atoms with Crippen LogP contribution in [0.25, 0.3) is 0 Å². The highest BCUT2D eigenvalue weighted by Crippen LogP contribution is 2.74. The third-order valence-corrected chi connectivity index (χ3v) is 10.9. The van der Waals surface area contributed by atoms with Crippen molar-refractivity contribution in [3.8, 4) is 0 Å². The molecule has 8 atom stereocenters. The van der Waals surface area contributed by atoms with Gasteiger partial charge in [-0.3, -0.25) is 4.79 Å². The Morgan fingerprint density at radius 1 is 0.966 bits per heavy atom. The molecule has 3 nitrogen and oxygen atoms in total. The van der Waals surface area contributed by atoms with Crippen molar-refractivity contribution < 1.29 is 14.6 Å². The van der Waals surface area contributed by atoms with Crippen molar-refractivity contribution in [3.63, 3.8) is 0 Å². The number of rotatable bonds is 1. The Bertz CT molecular complexity index is 711. The molecule has 4 fully saturated rings. The fourth-order valence-corrected chi connectivity index (χ4v) is 9.19. The highest BCUT2D eigenvalue weighted by Gasteiger charge is 2.68. The van der Waals surface area contributed by atoms with Gasteiger partial charge in [-0.2, -0.15) is 0 Å². The molecule has 0 aromatic carbocycles. The molecule has 164 valence electrons. The van der Waals surface area contributed by atoms with Crippen LogP contribution in [0.2, 0.25) is 0 Å². The van der Waals surface area contributed by atoms with Gasteiger partial charge in [0, 0.05) is 12.3 Å². The van der Waals surface area contributed by atoms with E-state index in [9.17, 15) is 9.90 Å². The highest BCUT2D eigenvalue weighted by molar-refractivity contribution is 5.66. The van der Waals surface area contributed by atoms with Crippen LogP contribution in [0.4, 0.5) is 0 Å². The van der Waals surface area contributed by atoms with E-state index in [1.807, 2.05) is 0 Å². The van der Waals surface area contributed by atoms with Gasteiger partial charge in [-0.25, -0.2) is 0 Å². The molecule has 0 saturated heterocycles. The number of hydrogen-bond donors (Lipinski definition) is 1. The van der Waals surface area contributed by atoms with Crippen LogP contribution in [0.15, 0.2) is 12.2 Å². The Labute approximate surface area is 177 Å². The van der Waals surface area contributed by atoms with Crippen molar-refractivity contribution in [2.75, 3.05) is 0 Å². The lowest BCUT2D eigenvalue weighted by molar-refractivity contribution is -0.240. The van der Waals surface area contributed by atoms with E-state index in [-0.39, 0.29) is 39.8 Å². The molecule has 0 amide bonds. The van der Waals surface area contributed by atoms with Gasteiger partial charge in [-0.1, -0.05) is 41.2 Å². The first-order valence-corrected chi connectivity index (χ1v) is 11.9. The Hall–Kier alpha value is -0.830. The maximum atomic E-state index is 11.7. The summed E-state index contributed by atoms with van der Waals surface area (Å²) < 4.78 is 5.81. The molecule has 0 aromatic rings.